The molecule has 0 aromatic carbocycles. The lowest BCUT2D eigenvalue weighted by molar-refractivity contribution is -0.115. The number of hydrogen-bond acceptors (Lipinski definition) is 3. The van der Waals surface area contributed by atoms with Gasteiger partial charge in [0.15, 0.2) is 0 Å². The van der Waals surface area contributed by atoms with E-state index in [4.69, 9.17) is 5.73 Å². The summed E-state index contributed by atoms with van der Waals surface area (Å²) in [5.74, 6) is 1.59. The Bertz CT molecular complexity index is 310. The van der Waals surface area contributed by atoms with E-state index in [2.05, 4.69) is 25.8 Å². The quantitative estimate of drug-likeness (QED) is 0.836. The van der Waals surface area contributed by atoms with Crippen LogP contribution in [0.25, 0.3) is 0 Å². The van der Waals surface area contributed by atoms with Crippen LogP contribution < -0.4 is 5.73 Å². The Morgan fingerprint density at radius 1 is 1.15 bits per heavy atom. The van der Waals surface area contributed by atoms with Gasteiger partial charge in [0.05, 0.1) is 5.60 Å². The summed E-state index contributed by atoms with van der Waals surface area (Å²) in [6, 6.07) is 0. The molecule has 3 N–H and O–H groups in total. The molecule has 0 bridgehead atoms. The van der Waals surface area contributed by atoms with E-state index >= 15 is 0 Å². The number of rotatable bonds is 3. The first-order valence-electron chi connectivity index (χ1n) is 8.53. The van der Waals surface area contributed by atoms with Gasteiger partial charge in [-0.25, -0.2) is 0 Å². The van der Waals surface area contributed by atoms with Gasteiger partial charge in [0.2, 0.25) is 0 Å². The van der Waals surface area contributed by atoms with Crippen molar-refractivity contribution in [3.63, 3.8) is 0 Å². The Balaban J connectivity index is 2.10. The average Bonchev–Trinajstić information content (AvgIpc) is 2.61. The van der Waals surface area contributed by atoms with Crippen molar-refractivity contribution >= 4 is 0 Å². The number of hydrogen-bond donors (Lipinski definition) is 2. The van der Waals surface area contributed by atoms with Crippen molar-refractivity contribution < 1.29 is 5.11 Å². The molecule has 2 aliphatic rings. The van der Waals surface area contributed by atoms with E-state index in [-0.39, 0.29) is 5.41 Å². The maximum absolute atomic E-state index is 11.4. The first kappa shape index (κ1) is 16.3. The second-order valence-corrected chi connectivity index (χ2v) is 7.75. The van der Waals surface area contributed by atoms with Crippen molar-refractivity contribution in [1.29, 1.82) is 0 Å². The predicted molar refractivity (Wildman–Crippen MR) is 84.6 cm³/mol. The molecule has 1 saturated heterocycles. The molecule has 118 valence electrons. The van der Waals surface area contributed by atoms with Crippen LogP contribution in [0.1, 0.15) is 58.8 Å². The van der Waals surface area contributed by atoms with E-state index in [1.54, 1.807) is 0 Å². The molecule has 1 aliphatic carbocycles. The van der Waals surface area contributed by atoms with Crippen LogP contribution in [-0.2, 0) is 0 Å². The molecule has 0 radical (unpaired) electrons. The van der Waals surface area contributed by atoms with Gasteiger partial charge < -0.3 is 15.7 Å². The van der Waals surface area contributed by atoms with Crippen molar-refractivity contribution in [2.24, 2.45) is 23.0 Å². The van der Waals surface area contributed by atoms with Gasteiger partial charge in [0.25, 0.3) is 0 Å². The second kappa shape index (κ2) is 6.33. The molecule has 3 heteroatoms. The standard InChI is InChI=1S/C17H34N2O/c1-14(2)15-5-8-16(13-18,9-6-15)17(20)7-4-11-19(3)12-10-17/h14-15,20H,4-13,18H2,1-3H3. The number of nitrogens with zero attached hydrogens (tertiary/aromatic N) is 1. The SMILES string of the molecule is CC(C)C1CCC(CN)(C2(O)CCCN(C)CC2)CC1. The normalized spacial score (nSPS) is 40.8. The Hall–Kier alpha value is -0.120. The topological polar surface area (TPSA) is 49.5 Å². The fraction of sp³-hybridized carbons (Fsp3) is 1.00. The van der Waals surface area contributed by atoms with Crippen molar-refractivity contribution in [3.05, 3.63) is 0 Å². The van der Waals surface area contributed by atoms with Crippen LogP contribution in [0.2, 0.25) is 0 Å². The van der Waals surface area contributed by atoms with Gasteiger partial charge >= 0.3 is 0 Å². The van der Waals surface area contributed by atoms with Gasteiger partial charge in [-0.15, -0.1) is 0 Å². The zero-order valence-corrected chi connectivity index (χ0v) is 13.7. The summed E-state index contributed by atoms with van der Waals surface area (Å²) in [4.78, 5) is 2.35. The fourth-order valence-corrected chi connectivity index (χ4v) is 4.50. The first-order valence-corrected chi connectivity index (χ1v) is 8.53. The van der Waals surface area contributed by atoms with Crippen molar-refractivity contribution in [1.82, 2.24) is 4.90 Å². The molecule has 1 unspecified atom stereocenters. The lowest BCUT2D eigenvalue weighted by Gasteiger charge is -2.51. The minimum Gasteiger partial charge on any atom is -0.389 e. The van der Waals surface area contributed by atoms with Crippen molar-refractivity contribution in [2.45, 2.75) is 64.4 Å². The maximum atomic E-state index is 11.4. The molecule has 1 saturated carbocycles. The zero-order valence-electron chi connectivity index (χ0n) is 13.7. The molecular weight excluding hydrogens is 248 g/mol. The highest BCUT2D eigenvalue weighted by atomic mass is 16.3. The molecule has 0 aromatic rings. The fourth-order valence-electron chi connectivity index (χ4n) is 4.50. The summed E-state index contributed by atoms with van der Waals surface area (Å²) in [5, 5.41) is 11.4. The average molecular weight is 282 g/mol. The highest BCUT2D eigenvalue weighted by molar-refractivity contribution is 5.03. The van der Waals surface area contributed by atoms with Crippen LogP contribution in [0, 0.1) is 17.3 Å². The third-order valence-electron chi connectivity index (χ3n) is 6.35. The Morgan fingerprint density at radius 2 is 1.80 bits per heavy atom. The van der Waals surface area contributed by atoms with E-state index in [1.165, 1.54) is 12.8 Å². The van der Waals surface area contributed by atoms with Crippen LogP contribution in [-0.4, -0.2) is 42.3 Å². The molecule has 2 rings (SSSR count). The van der Waals surface area contributed by atoms with Gasteiger partial charge in [0, 0.05) is 18.5 Å². The summed E-state index contributed by atoms with van der Waals surface area (Å²) in [6.45, 7) is 7.42. The predicted octanol–water partition coefficient (Wildman–Crippen LogP) is 2.62. The maximum Gasteiger partial charge on any atom is 0.0728 e. The summed E-state index contributed by atoms with van der Waals surface area (Å²) in [7, 11) is 2.16. The molecule has 3 nitrogen and oxygen atoms in total. The minimum atomic E-state index is -0.533. The third-order valence-corrected chi connectivity index (χ3v) is 6.35. The van der Waals surface area contributed by atoms with E-state index < -0.39 is 5.60 Å². The Morgan fingerprint density at radius 3 is 2.35 bits per heavy atom. The smallest absolute Gasteiger partial charge is 0.0728 e. The van der Waals surface area contributed by atoms with E-state index in [0.717, 1.165) is 57.0 Å². The van der Waals surface area contributed by atoms with Gasteiger partial charge in [-0.2, -0.15) is 0 Å². The highest BCUT2D eigenvalue weighted by Crippen LogP contribution is 2.50. The molecule has 2 fully saturated rings. The summed E-state index contributed by atoms with van der Waals surface area (Å²) in [6.07, 6.45) is 7.65. The van der Waals surface area contributed by atoms with Gasteiger partial charge in [-0.1, -0.05) is 13.8 Å². The Labute approximate surface area is 124 Å². The largest absolute Gasteiger partial charge is 0.389 e. The molecule has 1 aliphatic heterocycles. The van der Waals surface area contributed by atoms with Gasteiger partial charge in [-0.05, 0) is 70.4 Å². The van der Waals surface area contributed by atoms with Crippen LogP contribution in [0.4, 0.5) is 0 Å². The number of nitrogens with two attached hydrogens (primary N) is 1. The molecular formula is C17H34N2O. The Kier molecular flexibility index (Phi) is 5.14. The van der Waals surface area contributed by atoms with Crippen molar-refractivity contribution in [2.75, 3.05) is 26.7 Å². The van der Waals surface area contributed by atoms with E-state index in [9.17, 15) is 5.11 Å². The lowest BCUT2D eigenvalue weighted by atomic mass is 9.58. The van der Waals surface area contributed by atoms with Crippen LogP contribution in [0.5, 0.6) is 0 Å². The molecule has 1 heterocycles. The van der Waals surface area contributed by atoms with Gasteiger partial charge in [-0.3, -0.25) is 0 Å². The third kappa shape index (κ3) is 3.05. The minimum absolute atomic E-state index is 0.0242. The van der Waals surface area contributed by atoms with E-state index in [1.807, 2.05) is 0 Å². The number of aliphatic hydroxyl groups is 1. The van der Waals surface area contributed by atoms with Crippen LogP contribution >= 0.6 is 0 Å². The molecule has 20 heavy (non-hydrogen) atoms. The van der Waals surface area contributed by atoms with Gasteiger partial charge in [0.1, 0.15) is 0 Å². The monoisotopic (exact) mass is 282 g/mol. The molecule has 0 amide bonds. The zero-order chi connectivity index (χ0) is 14.8. The summed E-state index contributed by atoms with van der Waals surface area (Å²) in [5.41, 5.74) is 5.63. The lowest BCUT2D eigenvalue weighted by Crippen LogP contribution is -2.55. The highest BCUT2D eigenvalue weighted by Gasteiger charge is 2.50. The molecule has 0 aromatic heterocycles. The van der Waals surface area contributed by atoms with Crippen LogP contribution in [0.3, 0.4) is 0 Å². The van der Waals surface area contributed by atoms with Crippen molar-refractivity contribution in [3.8, 4) is 0 Å². The second-order valence-electron chi connectivity index (χ2n) is 7.75. The van der Waals surface area contributed by atoms with Crippen LogP contribution in [0.15, 0.2) is 0 Å². The first-order chi connectivity index (χ1) is 9.42. The molecule has 0 spiro atoms. The summed E-state index contributed by atoms with van der Waals surface area (Å²) < 4.78 is 0. The number of likely N-dealkylation sites (tertiary alicyclic amines) is 1. The summed E-state index contributed by atoms with van der Waals surface area (Å²) >= 11 is 0. The molecule has 1 atom stereocenters. The van der Waals surface area contributed by atoms with E-state index in [0.29, 0.717) is 6.54 Å².